The number of fused-ring (bicyclic) bond motifs is 1. The largest absolute Gasteiger partial charge is 0.360 e. The second kappa shape index (κ2) is 5.33. The van der Waals surface area contributed by atoms with Gasteiger partial charge in [-0.1, -0.05) is 42.2 Å². The average molecular weight is 263 g/mol. The van der Waals surface area contributed by atoms with Gasteiger partial charge in [-0.3, -0.25) is 5.43 Å². The molecule has 0 atom stereocenters. The van der Waals surface area contributed by atoms with E-state index in [1.54, 1.807) is 0 Å². The number of thioether (sulfide) groups is 1. The molecular formula is C12H13N3S2. The third kappa shape index (κ3) is 2.68. The summed E-state index contributed by atoms with van der Waals surface area (Å²) in [6, 6.07) is 8.16. The highest BCUT2D eigenvalue weighted by Gasteiger charge is 2.05. The van der Waals surface area contributed by atoms with Gasteiger partial charge in [-0.25, -0.2) is 0 Å². The molecule has 2 rings (SSSR count). The van der Waals surface area contributed by atoms with Gasteiger partial charge in [0.2, 0.25) is 0 Å². The highest BCUT2D eigenvalue weighted by molar-refractivity contribution is 8.22. The zero-order chi connectivity index (χ0) is 12.3. The molecule has 17 heavy (non-hydrogen) atoms. The van der Waals surface area contributed by atoms with E-state index >= 15 is 0 Å². The number of hydrogen-bond donors (Lipinski definition) is 2. The van der Waals surface area contributed by atoms with Crippen LogP contribution in [0.15, 0.2) is 35.6 Å². The molecule has 0 aliphatic heterocycles. The molecule has 2 aromatic rings. The minimum Gasteiger partial charge on any atom is -0.360 e. The summed E-state index contributed by atoms with van der Waals surface area (Å²) in [6.07, 6.45) is 3.89. The lowest BCUT2D eigenvalue weighted by atomic mass is 10.1. The van der Waals surface area contributed by atoms with Crippen LogP contribution in [0.25, 0.3) is 10.9 Å². The van der Waals surface area contributed by atoms with Crippen LogP contribution in [0.2, 0.25) is 0 Å². The Bertz CT molecular complexity index is 572. The maximum Gasteiger partial charge on any atom is 0.153 e. The Labute approximate surface area is 110 Å². The van der Waals surface area contributed by atoms with Gasteiger partial charge in [-0.15, -0.1) is 0 Å². The van der Waals surface area contributed by atoms with Crippen LogP contribution in [-0.2, 0) is 0 Å². The molecular weight excluding hydrogens is 250 g/mol. The Morgan fingerprint density at radius 2 is 2.18 bits per heavy atom. The number of benzene rings is 1. The summed E-state index contributed by atoms with van der Waals surface area (Å²) >= 11 is 6.51. The van der Waals surface area contributed by atoms with Gasteiger partial charge in [0.1, 0.15) is 0 Å². The van der Waals surface area contributed by atoms with Crippen molar-refractivity contribution in [2.45, 2.75) is 6.92 Å². The van der Waals surface area contributed by atoms with Crippen LogP contribution in [-0.4, -0.2) is 21.3 Å². The van der Waals surface area contributed by atoms with E-state index in [1.165, 1.54) is 17.1 Å². The lowest BCUT2D eigenvalue weighted by Crippen LogP contribution is -2.13. The number of aromatic nitrogens is 1. The van der Waals surface area contributed by atoms with Crippen LogP contribution in [0.3, 0.4) is 0 Å². The van der Waals surface area contributed by atoms with Gasteiger partial charge in [-0.05, 0) is 19.2 Å². The summed E-state index contributed by atoms with van der Waals surface area (Å²) in [5, 5.41) is 5.44. The lowest BCUT2D eigenvalue weighted by Gasteiger charge is -2.01. The Kier molecular flexibility index (Phi) is 3.81. The second-order valence-corrected chi connectivity index (χ2v) is 5.03. The highest BCUT2D eigenvalue weighted by Crippen LogP contribution is 2.18. The molecule has 1 aromatic heterocycles. The molecule has 1 aromatic carbocycles. The first-order chi connectivity index (χ1) is 8.22. The standard InChI is InChI=1S/C12H13N3S2/c1-8(14-15-12(16)17-2)10-7-13-11-6-4-3-5-9(10)11/h3-7,13H,1-2H3,(H,15,16)/b14-8+. The quantitative estimate of drug-likeness (QED) is 0.497. The number of nitrogens with one attached hydrogen (secondary N) is 2. The second-order valence-electron chi connectivity index (χ2n) is 3.55. The molecule has 0 aliphatic carbocycles. The number of hydrazone groups is 1. The van der Waals surface area contributed by atoms with Gasteiger partial charge in [0.15, 0.2) is 4.32 Å². The third-order valence-corrected chi connectivity index (χ3v) is 3.53. The number of H-pyrrole nitrogens is 1. The zero-order valence-electron chi connectivity index (χ0n) is 9.65. The van der Waals surface area contributed by atoms with Crippen LogP contribution in [0.4, 0.5) is 0 Å². The van der Waals surface area contributed by atoms with Crippen LogP contribution >= 0.6 is 24.0 Å². The van der Waals surface area contributed by atoms with Crippen molar-refractivity contribution in [1.82, 2.24) is 10.4 Å². The number of aromatic amines is 1. The van der Waals surface area contributed by atoms with E-state index < -0.39 is 0 Å². The summed E-state index contributed by atoms with van der Waals surface area (Å²) in [5.41, 5.74) is 5.98. The number of nitrogens with zero attached hydrogens (tertiary/aromatic N) is 1. The smallest absolute Gasteiger partial charge is 0.153 e. The molecule has 0 bridgehead atoms. The molecule has 0 fully saturated rings. The first-order valence-corrected chi connectivity index (χ1v) is 6.80. The molecule has 0 unspecified atom stereocenters. The van der Waals surface area contributed by atoms with E-state index in [1.807, 2.05) is 37.6 Å². The minimum atomic E-state index is 0.671. The van der Waals surface area contributed by atoms with Gasteiger partial charge in [0, 0.05) is 22.7 Å². The summed E-state index contributed by atoms with van der Waals surface area (Å²) in [7, 11) is 0. The number of para-hydroxylation sites is 1. The van der Waals surface area contributed by atoms with Crippen LogP contribution in [0.5, 0.6) is 0 Å². The van der Waals surface area contributed by atoms with Crippen molar-refractivity contribution >= 4 is 44.9 Å². The molecule has 0 radical (unpaired) electrons. The van der Waals surface area contributed by atoms with Crippen molar-refractivity contribution in [2.75, 3.05) is 6.26 Å². The monoisotopic (exact) mass is 263 g/mol. The minimum absolute atomic E-state index is 0.671. The summed E-state index contributed by atoms with van der Waals surface area (Å²) in [6.45, 7) is 1.96. The zero-order valence-corrected chi connectivity index (χ0v) is 11.3. The van der Waals surface area contributed by atoms with E-state index in [4.69, 9.17) is 12.2 Å². The van der Waals surface area contributed by atoms with E-state index in [9.17, 15) is 0 Å². The first-order valence-electron chi connectivity index (χ1n) is 5.17. The fourth-order valence-electron chi connectivity index (χ4n) is 1.61. The topological polar surface area (TPSA) is 40.2 Å². The highest BCUT2D eigenvalue weighted by atomic mass is 32.2. The molecule has 0 saturated carbocycles. The van der Waals surface area contributed by atoms with E-state index in [0.29, 0.717) is 4.32 Å². The lowest BCUT2D eigenvalue weighted by molar-refractivity contribution is 1.06. The van der Waals surface area contributed by atoms with Gasteiger partial charge >= 0.3 is 0 Å². The van der Waals surface area contributed by atoms with Gasteiger partial charge in [0.05, 0.1) is 5.71 Å². The molecule has 0 aliphatic rings. The molecule has 2 N–H and O–H groups in total. The predicted octanol–water partition coefficient (Wildman–Crippen LogP) is 3.13. The summed E-state index contributed by atoms with van der Waals surface area (Å²) < 4.78 is 0.671. The van der Waals surface area contributed by atoms with Crippen molar-refractivity contribution in [2.24, 2.45) is 5.10 Å². The van der Waals surface area contributed by atoms with Gasteiger partial charge in [0.25, 0.3) is 0 Å². The van der Waals surface area contributed by atoms with Crippen LogP contribution in [0.1, 0.15) is 12.5 Å². The van der Waals surface area contributed by atoms with Gasteiger partial charge in [-0.2, -0.15) is 5.10 Å². The average Bonchev–Trinajstić information content (AvgIpc) is 2.79. The Morgan fingerprint density at radius 1 is 1.41 bits per heavy atom. The normalized spacial score (nSPS) is 11.8. The third-order valence-electron chi connectivity index (χ3n) is 2.48. The molecule has 1 heterocycles. The van der Waals surface area contributed by atoms with Crippen molar-refractivity contribution < 1.29 is 0 Å². The molecule has 88 valence electrons. The maximum absolute atomic E-state index is 5.04. The van der Waals surface area contributed by atoms with Crippen molar-refractivity contribution in [1.29, 1.82) is 0 Å². The fourth-order valence-corrected chi connectivity index (χ4v) is 1.79. The number of thiocarbonyl (C=S) groups is 1. The fraction of sp³-hybridized carbons (Fsp3) is 0.167. The molecule has 3 nitrogen and oxygen atoms in total. The number of rotatable bonds is 2. The molecule has 0 spiro atoms. The first kappa shape index (κ1) is 12.1. The summed E-state index contributed by atoms with van der Waals surface area (Å²) in [4.78, 5) is 3.22. The van der Waals surface area contributed by atoms with E-state index in [0.717, 1.165) is 16.8 Å². The van der Waals surface area contributed by atoms with E-state index in [2.05, 4.69) is 21.6 Å². The Balaban J connectivity index is 2.30. The van der Waals surface area contributed by atoms with Crippen molar-refractivity contribution in [3.63, 3.8) is 0 Å². The van der Waals surface area contributed by atoms with Crippen LogP contribution < -0.4 is 5.43 Å². The Hall–Kier alpha value is -1.33. The molecule has 0 saturated heterocycles. The van der Waals surface area contributed by atoms with Gasteiger partial charge < -0.3 is 4.98 Å². The Morgan fingerprint density at radius 3 is 2.94 bits per heavy atom. The van der Waals surface area contributed by atoms with Crippen LogP contribution in [0, 0.1) is 0 Å². The summed E-state index contributed by atoms with van der Waals surface area (Å²) in [5.74, 6) is 0. The van der Waals surface area contributed by atoms with Crippen molar-refractivity contribution in [3.05, 3.63) is 36.0 Å². The molecule has 5 heteroatoms. The number of hydrogen-bond acceptors (Lipinski definition) is 3. The maximum atomic E-state index is 5.04. The predicted molar refractivity (Wildman–Crippen MR) is 79.8 cm³/mol. The SMILES string of the molecule is CSC(=S)N/N=C(\C)c1c[nH]c2ccccc12. The molecule has 0 amide bonds. The van der Waals surface area contributed by atoms with Crippen molar-refractivity contribution in [3.8, 4) is 0 Å². The van der Waals surface area contributed by atoms with E-state index in [-0.39, 0.29) is 0 Å².